The topological polar surface area (TPSA) is 75.3 Å². The summed E-state index contributed by atoms with van der Waals surface area (Å²) in [4.78, 5) is 11.4. The molecule has 5 nitrogen and oxygen atoms in total. The molecule has 0 aliphatic heterocycles. The van der Waals surface area contributed by atoms with Gasteiger partial charge in [-0.1, -0.05) is 32.0 Å². The van der Waals surface area contributed by atoms with Crippen molar-refractivity contribution in [2.45, 2.75) is 45.4 Å². The molecule has 0 atom stereocenters. The maximum Gasteiger partial charge on any atom is 0.261 e. The second kappa shape index (κ2) is 7.70. The first-order valence-corrected chi connectivity index (χ1v) is 9.78. The molecule has 25 heavy (non-hydrogen) atoms. The summed E-state index contributed by atoms with van der Waals surface area (Å²) in [6.07, 6.45) is 1.48. The summed E-state index contributed by atoms with van der Waals surface area (Å²) in [5.74, 6) is -0.193. The van der Waals surface area contributed by atoms with E-state index in [4.69, 9.17) is 0 Å². The normalized spacial score (nSPS) is 11.2. The zero-order valence-corrected chi connectivity index (χ0v) is 15.8. The molecule has 2 aromatic rings. The van der Waals surface area contributed by atoms with Crippen molar-refractivity contribution in [3.8, 4) is 0 Å². The number of nitrogens with one attached hydrogen (secondary N) is 2. The Kier molecular flexibility index (Phi) is 5.85. The van der Waals surface area contributed by atoms with E-state index in [2.05, 4.69) is 10.0 Å². The third kappa shape index (κ3) is 4.39. The number of anilines is 2. The van der Waals surface area contributed by atoms with E-state index in [1.54, 1.807) is 19.1 Å². The lowest BCUT2D eigenvalue weighted by Crippen LogP contribution is -2.16. The van der Waals surface area contributed by atoms with Gasteiger partial charge in [-0.05, 0) is 54.7 Å². The van der Waals surface area contributed by atoms with Crippen LogP contribution in [-0.2, 0) is 27.7 Å². The summed E-state index contributed by atoms with van der Waals surface area (Å²) in [6, 6.07) is 10.5. The van der Waals surface area contributed by atoms with Crippen molar-refractivity contribution < 1.29 is 13.2 Å². The van der Waals surface area contributed by atoms with E-state index >= 15 is 0 Å². The average Bonchev–Trinajstić information content (AvgIpc) is 2.56. The van der Waals surface area contributed by atoms with Gasteiger partial charge in [-0.3, -0.25) is 9.52 Å². The minimum atomic E-state index is -3.71. The summed E-state index contributed by atoms with van der Waals surface area (Å²) in [6.45, 7) is 7.18. The van der Waals surface area contributed by atoms with Crippen molar-refractivity contribution in [1.82, 2.24) is 0 Å². The lowest BCUT2D eigenvalue weighted by molar-refractivity contribution is -0.114. The molecule has 2 rings (SSSR count). The molecular weight excluding hydrogens is 336 g/mol. The van der Waals surface area contributed by atoms with Gasteiger partial charge in [0, 0.05) is 12.6 Å². The van der Waals surface area contributed by atoms with Crippen LogP contribution in [0.2, 0.25) is 0 Å². The number of para-hydroxylation sites is 1. The molecular formula is C19H24N2O3S. The molecule has 0 saturated heterocycles. The zero-order chi connectivity index (χ0) is 18.6. The molecule has 0 fully saturated rings. The van der Waals surface area contributed by atoms with Crippen molar-refractivity contribution in [3.05, 3.63) is 53.1 Å². The quantitative estimate of drug-likeness (QED) is 0.821. The van der Waals surface area contributed by atoms with E-state index in [0.717, 1.165) is 24.0 Å². The predicted molar refractivity (Wildman–Crippen MR) is 101 cm³/mol. The van der Waals surface area contributed by atoms with Crippen molar-refractivity contribution in [2.75, 3.05) is 10.0 Å². The van der Waals surface area contributed by atoms with E-state index in [9.17, 15) is 13.2 Å². The highest BCUT2D eigenvalue weighted by Crippen LogP contribution is 2.27. The van der Waals surface area contributed by atoms with E-state index in [-0.39, 0.29) is 10.8 Å². The van der Waals surface area contributed by atoms with Gasteiger partial charge in [0.05, 0.1) is 10.6 Å². The van der Waals surface area contributed by atoms with Gasteiger partial charge in [0.2, 0.25) is 5.91 Å². The molecule has 0 spiro atoms. The lowest BCUT2D eigenvalue weighted by atomic mass is 10.0. The summed E-state index contributed by atoms with van der Waals surface area (Å²) in [5, 5.41) is 2.68. The fourth-order valence-corrected chi connectivity index (χ4v) is 3.93. The number of aryl methyl sites for hydroxylation is 3. The van der Waals surface area contributed by atoms with Gasteiger partial charge >= 0.3 is 0 Å². The Morgan fingerprint density at radius 3 is 2.12 bits per heavy atom. The van der Waals surface area contributed by atoms with Gasteiger partial charge in [-0.15, -0.1) is 0 Å². The lowest BCUT2D eigenvalue weighted by Gasteiger charge is -2.16. The van der Waals surface area contributed by atoms with Crippen molar-refractivity contribution in [3.63, 3.8) is 0 Å². The van der Waals surface area contributed by atoms with Gasteiger partial charge in [-0.25, -0.2) is 8.42 Å². The van der Waals surface area contributed by atoms with Crippen LogP contribution in [0.5, 0.6) is 0 Å². The van der Waals surface area contributed by atoms with E-state index in [1.165, 1.54) is 13.0 Å². The Hall–Kier alpha value is -2.34. The molecule has 0 heterocycles. The Labute approximate surface area is 149 Å². The van der Waals surface area contributed by atoms with Crippen LogP contribution < -0.4 is 10.0 Å². The van der Waals surface area contributed by atoms with Crippen LogP contribution in [0.1, 0.15) is 37.5 Å². The zero-order valence-electron chi connectivity index (χ0n) is 15.0. The number of carbonyl (C=O) groups excluding carboxylic acids is 1. The Bertz CT molecular complexity index is 867. The van der Waals surface area contributed by atoms with Crippen molar-refractivity contribution >= 4 is 27.3 Å². The summed E-state index contributed by atoms with van der Waals surface area (Å²) in [5.41, 5.74) is 3.90. The molecule has 0 unspecified atom stereocenters. The average molecular weight is 360 g/mol. The number of sulfonamides is 1. The van der Waals surface area contributed by atoms with Crippen LogP contribution in [0, 0.1) is 6.92 Å². The van der Waals surface area contributed by atoms with E-state index in [1.807, 2.05) is 32.0 Å². The number of carbonyl (C=O) groups is 1. The van der Waals surface area contributed by atoms with E-state index in [0.29, 0.717) is 16.9 Å². The highest BCUT2D eigenvalue weighted by Gasteiger charge is 2.18. The molecule has 0 aromatic heterocycles. The standard InChI is InChI=1S/C19H24N2O3S/c1-5-15-8-7-9-16(6-2)19(15)21-25(23,24)17-10-11-18(13(3)12-17)20-14(4)22/h7-12,21H,5-6H2,1-4H3,(H,20,22). The molecule has 134 valence electrons. The van der Waals surface area contributed by atoms with Crippen molar-refractivity contribution in [2.24, 2.45) is 0 Å². The fraction of sp³-hybridized carbons (Fsp3) is 0.316. The summed E-state index contributed by atoms with van der Waals surface area (Å²) in [7, 11) is -3.71. The minimum Gasteiger partial charge on any atom is -0.326 e. The highest BCUT2D eigenvalue weighted by atomic mass is 32.2. The van der Waals surface area contributed by atoms with Crippen LogP contribution in [0.15, 0.2) is 41.3 Å². The second-order valence-corrected chi connectivity index (χ2v) is 7.60. The van der Waals surface area contributed by atoms with E-state index < -0.39 is 10.0 Å². The van der Waals surface area contributed by atoms with Gasteiger partial charge in [0.25, 0.3) is 10.0 Å². The van der Waals surface area contributed by atoms with Crippen LogP contribution in [0.3, 0.4) is 0 Å². The van der Waals surface area contributed by atoms with Gasteiger partial charge < -0.3 is 5.32 Å². The third-order valence-corrected chi connectivity index (χ3v) is 5.40. The molecule has 2 aromatic carbocycles. The largest absolute Gasteiger partial charge is 0.326 e. The maximum absolute atomic E-state index is 12.8. The molecule has 1 amide bonds. The van der Waals surface area contributed by atoms with Gasteiger partial charge in [0.1, 0.15) is 0 Å². The van der Waals surface area contributed by atoms with Crippen LogP contribution in [0.25, 0.3) is 0 Å². The van der Waals surface area contributed by atoms with Gasteiger partial charge in [-0.2, -0.15) is 0 Å². The Balaban J connectivity index is 2.41. The summed E-state index contributed by atoms with van der Waals surface area (Å²) >= 11 is 0. The predicted octanol–water partition coefficient (Wildman–Crippen LogP) is 3.88. The van der Waals surface area contributed by atoms with Gasteiger partial charge in [0.15, 0.2) is 0 Å². The van der Waals surface area contributed by atoms with Crippen LogP contribution >= 0.6 is 0 Å². The molecule has 0 aliphatic carbocycles. The molecule has 2 N–H and O–H groups in total. The molecule has 6 heteroatoms. The molecule has 0 saturated carbocycles. The van der Waals surface area contributed by atoms with Crippen LogP contribution in [-0.4, -0.2) is 14.3 Å². The number of amides is 1. The SMILES string of the molecule is CCc1cccc(CC)c1NS(=O)(=O)c1ccc(NC(C)=O)c(C)c1. The first kappa shape index (κ1) is 19.0. The minimum absolute atomic E-state index is 0.173. The first-order valence-electron chi connectivity index (χ1n) is 8.30. The smallest absolute Gasteiger partial charge is 0.261 e. The van der Waals surface area contributed by atoms with Crippen molar-refractivity contribution in [1.29, 1.82) is 0 Å². The fourth-order valence-electron chi connectivity index (χ4n) is 2.70. The monoisotopic (exact) mass is 360 g/mol. The maximum atomic E-state index is 12.8. The number of hydrogen-bond donors (Lipinski definition) is 2. The third-order valence-electron chi connectivity index (χ3n) is 4.05. The summed E-state index contributed by atoms with van der Waals surface area (Å²) < 4.78 is 28.4. The number of hydrogen-bond acceptors (Lipinski definition) is 3. The molecule has 0 bridgehead atoms. The number of benzene rings is 2. The Morgan fingerprint density at radius 2 is 1.64 bits per heavy atom. The molecule has 0 aliphatic rings. The Morgan fingerprint density at radius 1 is 1.04 bits per heavy atom. The van der Waals surface area contributed by atoms with Crippen LogP contribution in [0.4, 0.5) is 11.4 Å². The second-order valence-electron chi connectivity index (χ2n) is 5.92. The highest BCUT2D eigenvalue weighted by molar-refractivity contribution is 7.92. The number of rotatable bonds is 6. The molecule has 0 radical (unpaired) electrons. The first-order chi connectivity index (χ1) is 11.8.